The van der Waals surface area contributed by atoms with Gasteiger partial charge >= 0.3 is 0 Å². The molecule has 86 valence electrons. The standard InChI is InChI=1S/C13H19N3/c14-12-7-15-16(8-12)13-4-9-1-10(5-13)3-11(2-9)6-13/h7-11H,1-6,14H2. The number of nitrogens with two attached hydrogens (primary N) is 1. The normalized spacial score (nSPS) is 45.1. The molecule has 0 spiro atoms. The topological polar surface area (TPSA) is 43.8 Å². The van der Waals surface area contributed by atoms with E-state index in [0.717, 1.165) is 23.4 Å². The molecule has 3 nitrogen and oxygen atoms in total. The molecule has 4 saturated carbocycles. The van der Waals surface area contributed by atoms with Crippen LogP contribution in [0.1, 0.15) is 38.5 Å². The lowest BCUT2D eigenvalue weighted by Gasteiger charge is -2.56. The minimum atomic E-state index is 0.340. The highest BCUT2D eigenvalue weighted by Gasteiger charge is 2.52. The molecule has 4 aliphatic rings. The zero-order valence-electron chi connectivity index (χ0n) is 9.60. The summed E-state index contributed by atoms with van der Waals surface area (Å²) in [5, 5.41) is 4.50. The largest absolute Gasteiger partial charge is 0.396 e. The number of hydrogen-bond acceptors (Lipinski definition) is 2. The number of anilines is 1. The van der Waals surface area contributed by atoms with E-state index in [4.69, 9.17) is 5.73 Å². The lowest BCUT2D eigenvalue weighted by atomic mass is 9.53. The summed E-state index contributed by atoms with van der Waals surface area (Å²) in [7, 11) is 0. The third kappa shape index (κ3) is 1.12. The average molecular weight is 217 g/mol. The number of nitrogen functional groups attached to an aromatic ring is 1. The van der Waals surface area contributed by atoms with Gasteiger partial charge in [-0.15, -0.1) is 0 Å². The number of nitrogens with zero attached hydrogens (tertiary/aromatic N) is 2. The molecule has 0 unspecified atom stereocenters. The molecule has 0 aliphatic heterocycles. The van der Waals surface area contributed by atoms with Gasteiger partial charge in [0, 0.05) is 6.20 Å². The summed E-state index contributed by atoms with van der Waals surface area (Å²) in [5.41, 5.74) is 6.97. The summed E-state index contributed by atoms with van der Waals surface area (Å²) in [6.07, 6.45) is 12.3. The second-order valence-corrected chi connectivity index (χ2v) is 6.36. The van der Waals surface area contributed by atoms with E-state index in [1.165, 1.54) is 38.5 Å². The maximum Gasteiger partial charge on any atom is 0.0720 e. The van der Waals surface area contributed by atoms with Crippen LogP contribution in [0.15, 0.2) is 12.4 Å². The lowest BCUT2D eigenvalue weighted by Crippen LogP contribution is -2.52. The minimum absolute atomic E-state index is 0.340. The Morgan fingerprint density at radius 1 is 1.12 bits per heavy atom. The van der Waals surface area contributed by atoms with Crippen LogP contribution in [-0.2, 0) is 5.54 Å². The van der Waals surface area contributed by atoms with Crippen molar-refractivity contribution in [1.29, 1.82) is 0 Å². The van der Waals surface area contributed by atoms with Crippen molar-refractivity contribution in [1.82, 2.24) is 9.78 Å². The molecule has 2 N–H and O–H groups in total. The van der Waals surface area contributed by atoms with Crippen molar-refractivity contribution in [2.75, 3.05) is 5.73 Å². The third-order valence-electron chi connectivity index (χ3n) is 5.09. The molecule has 0 radical (unpaired) electrons. The lowest BCUT2D eigenvalue weighted by molar-refractivity contribution is -0.0493. The highest BCUT2D eigenvalue weighted by molar-refractivity contribution is 5.31. The van der Waals surface area contributed by atoms with E-state index in [9.17, 15) is 0 Å². The monoisotopic (exact) mass is 217 g/mol. The van der Waals surface area contributed by atoms with E-state index >= 15 is 0 Å². The molecule has 4 aliphatic carbocycles. The highest BCUT2D eigenvalue weighted by Crippen LogP contribution is 2.58. The number of rotatable bonds is 1. The van der Waals surface area contributed by atoms with Crippen molar-refractivity contribution in [2.45, 2.75) is 44.1 Å². The summed E-state index contributed by atoms with van der Waals surface area (Å²) in [4.78, 5) is 0. The zero-order valence-corrected chi connectivity index (χ0v) is 9.60. The van der Waals surface area contributed by atoms with Crippen molar-refractivity contribution in [3.63, 3.8) is 0 Å². The second kappa shape index (κ2) is 2.82. The quantitative estimate of drug-likeness (QED) is 0.785. The van der Waals surface area contributed by atoms with Gasteiger partial charge in [0.2, 0.25) is 0 Å². The first kappa shape index (κ1) is 9.08. The third-order valence-corrected chi connectivity index (χ3v) is 5.09. The van der Waals surface area contributed by atoms with Gasteiger partial charge in [-0.1, -0.05) is 0 Å². The van der Waals surface area contributed by atoms with Gasteiger partial charge in [-0.2, -0.15) is 5.10 Å². The average Bonchev–Trinajstić information content (AvgIpc) is 2.63. The number of aromatic nitrogens is 2. The molecule has 0 aromatic carbocycles. The molecule has 1 aromatic rings. The molecule has 1 heterocycles. The Morgan fingerprint density at radius 2 is 1.69 bits per heavy atom. The maximum atomic E-state index is 5.81. The van der Waals surface area contributed by atoms with Crippen molar-refractivity contribution >= 4 is 5.69 Å². The Morgan fingerprint density at radius 3 is 2.12 bits per heavy atom. The van der Waals surface area contributed by atoms with E-state index in [1.54, 1.807) is 6.20 Å². The second-order valence-electron chi connectivity index (χ2n) is 6.36. The van der Waals surface area contributed by atoms with Crippen molar-refractivity contribution in [2.24, 2.45) is 17.8 Å². The van der Waals surface area contributed by atoms with Gasteiger partial charge < -0.3 is 5.73 Å². The molecule has 1 aromatic heterocycles. The van der Waals surface area contributed by atoms with E-state index in [2.05, 4.69) is 9.78 Å². The molecule has 3 heteroatoms. The van der Waals surface area contributed by atoms with Crippen LogP contribution in [0.4, 0.5) is 5.69 Å². The van der Waals surface area contributed by atoms with Gasteiger partial charge in [-0.05, 0) is 56.3 Å². The van der Waals surface area contributed by atoms with E-state index < -0.39 is 0 Å². The molecular formula is C13H19N3. The fourth-order valence-electron chi connectivity index (χ4n) is 4.94. The van der Waals surface area contributed by atoms with E-state index in [-0.39, 0.29) is 0 Å². The summed E-state index contributed by atoms with van der Waals surface area (Å²) in [6.45, 7) is 0. The predicted molar refractivity (Wildman–Crippen MR) is 62.8 cm³/mol. The Balaban J connectivity index is 1.76. The van der Waals surface area contributed by atoms with Gasteiger partial charge in [0.15, 0.2) is 0 Å². The summed E-state index contributed by atoms with van der Waals surface area (Å²) in [6, 6.07) is 0. The van der Waals surface area contributed by atoms with Crippen LogP contribution in [0, 0.1) is 17.8 Å². The van der Waals surface area contributed by atoms with Gasteiger partial charge in [0.05, 0.1) is 17.4 Å². The van der Waals surface area contributed by atoms with E-state index in [0.29, 0.717) is 5.54 Å². The van der Waals surface area contributed by atoms with Crippen LogP contribution in [0.5, 0.6) is 0 Å². The first-order valence-corrected chi connectivity index (χ1v) is 6.54. The van der Waals surface area contributed by atoms with Crippen molar-refractivity contribution < 1.29 is 0 Å². The zero-order chi connectivity index (χ0) is 10.8. The Bertz CT molecular complexity index is 385. The fraction of sp³-hybridized carbons (Fsp3) is 0.769. The van der Waals surface area contributed by atoms with Crippen molar-refractivity contribution in [3.05, 3.63) is 12.4 Å². The van der Waals surface area contributed by atoms with Crippen LogP contribution in [0.25, 0.3) is 0 Å². The smallest absolute Gasteiger partial charge is 0.0720 e. The van der Waals surface area contributed by atoms with Gasteiger partial charge in [0.1, 0.15) is 0 Å². The SMILES string of the molecule is Nc1cnn(C23CC4CC(CC(C4)C2)C3)c1. The molecule has 4 bridgehead atoms. The molecule has 4 fully saturated rings. The van der Waals surface area contributed by atoms with Gasteiger partial charge in [-0.3, -0.25) is 4.68 Å². The van der Waals surface area contributed by atoms with Crippen LogP contribution >= 0.6 is 0 Å². The van der Waals surface area contributed by atoms with Gasteiger partial charge in [-0.25, -0.2) is 0 Å². The highest BCUT2D eigenvalue weighted by atomic mass is 15.3. The Labute approximate surface area is 96.0 Å². The summed E-state index contributed by atoms with van der Waals surface area (Å²) in [5.74, 6) is 2.91. The summed E-state index contributed by atoms with van der Waals surface area (Å²) < 4.78 is 2.20. The predicted octanol–water partition coefficient (Wildman–Crippen LogP) is 2.39. The molecule has 16 heavy (non-hydrogen) atoms. The van der Waals surface area contributed by atoms with Crippen LogP contribution in [0.2, 0.25) is 0 Å². The van der Waals surface area contributed by atoms with Crippen molar-refractivity contribution in [3.8, 4) is 0 Å². The fourth-order valence-corrected chi connectivity index (χ4v) is 4.94. The van der Waals surface area contributed by atoms with E-state index in [1.807, 2.05) is 6.20 Å². The first-order chi connectivity index (χ1) is 7.73. The maximum absolute atomic E-state index is 5.81. The Hall–Kier alpha value is -0.990. The van der Waals surface area contributed by atoms with Crippen LogP contribution < -0.4 is 5.73 Å². The Kier molecular flexibility index (Phi) is 1.60. The molecule has 0 atom stereocenters. The summed E-state index contributed by atoms with van der Waals surface area (Å²) >= 11 is 0. The minimum Gasteiger partial charge on any atom is -0.396 e. The number of hydrogen-bond donors (Lipinski definition) is 1. The molecule has 0 amide bonds. The first-order valence-electron chi connectivity index (χ1n) is 6.54. The molecule has 0 saturated heterocycles. The molecular weight excluding hydrogens is 198 g/mol. The van der Waals surface area contributed by atoms with Crippen LogP contribution in [0.3, 0.4) is 0 Å². The van der Waals surface area contributed by atoms with Crippen LogP contribution in [-0.4, -0.2) is 9.78 Å². The molecule has 5 rings (SSSR count). The van der Waals surface area contributed by atoms with Gasteiger partial charge in [0.25, 0.3) is 0 Å².